The normalized spacial score (nSPS) is 13.7. The summed E-state index contributed by atoms with van der Waals surface area (Å²) in [7, 11) is 0. The van der Waals surface area contributed by atoms with E-state index in [0.29, 0.717) is 0 Å². The van der Waals surface area contributed by atoms with E-state index in [1.54, 1.807) is 0 Å². The van der Waals surface area contributed by atoms with Gasteiger partial charge in [-0.3, -0.25) is 0 Å². The summed E-state index contributed by atoms with van der Waals surface area (Å²) >= 11 is 0. The predicted octanol–water partition coefficient (Wildman–Crippen LogP) is 7.79. The Balaban J connectivity index is 1.91. The van der Waals surface area contributed by atoms with E-state index in [2.05, 4.69) is 113 Å². The lowest BCUT2D eigenvalue weighted by atomic mass is 9.67. The van der Waals surface area contributed by atoms with E-state index in [-0.39, 0.29) is 5.41 Å². The van der Waals surface area contributed by atoms with E-state index in [1.165, 1.54) is 55.6 Å². The Morgan fingerprint density at radius 2 is 0.903 bits per heavy atom. The highest BCUT2D eigenvalue weighted by Crippen LogP contribution is 2.56. The minimum atomic E-state index is -0.290. The van der Waals surface area contributed by atoms with Gasteiger partial charge >= 0.3 is 0 Å². The lowest BCUT2D eigenvalue weighted by Gasteiger charge is -2.34. The van der Waals surface area contributed by atoms with Crippen LogP contribution in [-0.2, 0) is 18.3 Å². The molecule has 0 spiro atoms. The van der Waals surface area contributed by atoms with Crippen molar-refractivity contribution in [3.05, 3.63) is 129 Å². The van der Waals surface area contributed by atoms with Crippen LogP contribution in [0.5, 0.6) is 0 Å². The summed E-state index contributed by atoms with van der Waals surface area (Å²) in [6.45, 7) is 8.86. The van der Waals surface area contributed by atoms with Crippen molar-refractivity contribution >= 4 is 0 Å². The predicted molar refractivity (Wildman–Crippen MR) is 132 cm³/mol. The van der Waals surface area contributed by atoms with Gasteiger partial charge in [0, 0.05) is 0 Å². The number of rotatable bonds is 4. The molecule has 0 aromatic heterocycles. The Morgan fingerprint density at radius 3 is 1.26 bits per heavy atom. The molecule has 0 fully saturated rings. The largest absolute Gasteiger partial charge is 0.0713 e. The maximum atomic E-state index is 2.41. The van der Waals surface area contributed by atoms with Crippen molar-refractivity contribution in [2.45, 2.75) is 46.0 Å². The molecule has 4 aromatic carbocycles. The minimum Gasteiger partial charge on any atom is -0.0613 e. The third-order valence-corrected chi connectivity index (χ3v) is 7.04. The molecule has 0 N–H and O–H groups in total. The van der Waals surface area contributed by atoms with Crippen LogP contribution in [0.3, 0.4) is 0 Å². The number of fused-ring (bicyclic) bond motifs is 3. The first kappa shape index (κ1) is 19.8. The fourth-order valence-corrected chi connectivity index (χ4v) is 5.32. The van der Waals surface area contributed by atoms with Crippen LogP contribution in [0.4, 0.5) is 0 Å². The Bertz CT molecular complexity index is 1140. The van der Waals surface area contributed by atoms with Gasteiger partial charge in [0.15, 0.2) is 0 Å². The molecular weight excluding hydrogens is 372 g/mol. The molecule has 154 valence electrons. The molecule has 0 nitrogen and oxygen atoms in total. The van der Waals surface area contributed by atoms with Crippen LogP contribution in [0.1, 0.15) is 58.4 Å². The van der Waals surface area contributed by atoms with Crippen molar-refractivity contribution in [3.63, 3.8) is 0 Å². The van der Waals surface area contributed by atoms with Crippen LogP contribution in [0, 0.1) is 13.8 Å². The van der Waals surface area contributed by atoms with Gasteiger partial charge in [-0.05, 0) is 71.2 Å². The van der Waals surface area contributed by atoms with Gasteiger partial charge in [0.2, 0.25) is 0 Å². The van der Waals surface area contributed by atoms with E-state index in [1.807, 2.05) is 0 Å². The molecule has 4 aromatic rings. The van der Waals surface area contributed by atoms with Gasteiger partial charge in [-0.1, -0.05) is 110 Å². The minimum absolute atomic E-state index is 0.290. The molecule has 0 heterocycles. The zero-order valence-electron chi connectivity index (χ0n) is 19.0. The first-order valence-electron chi connectivity index (χ1n) is 11.5. The number of aryl methyl sites for hydroxylation is 4. The third-order valence-electron chi connectivity index (χ3n) is 7.04. The Hall–Kier alpha value is -3.12. The van der Waals surface area contributed by atoms with E-state index >= 15 is 0 Å². The second-order valence-electron chi connectivity index (χ2n) is 8.95. The summed E-state index contributed by atoms with van der Waals surface area (Å²) in [4.78, 5) is 0. The highest BCUT2D eigenvalue weighted by Gasteiger charge is 2.46. The molecule has 0 radical (unpaired) electrons. The van der Waals surface area contributed by atoms with Gasteiger partial charge in [-0.15, -0.1) is 0 Å². The molecule has 0 unspecified atom stereocenters. The Labute approximate surface area is 186 Å². The van der Waals surface area contributed by atoms with Crippen molar-refractivity contribution in [3.8, 4) is 11.1 Å². The molecule has 0 saturated carbocycles. The fraction of sp³-hybridized carbons (Fsp3) is 0.226. The van der Waals surface area contributed by atoms with E-state index in [4.69, 9.17) is 0 Å². The monoisotopic (exact) mass is 402 g/mol. The molecule has 0 atom stereocenters. The topological polar surface area (TPSA) is 0 Å². The molecule has 1 aliphatic rings. The van der Waals surface area contributed by atoms with Crippen LogP contribution in [0.25, 0.3) is 11.1 Å². The van der Waals surface area contributed by atoms with Crippen molar-refractivity contribution in [1.82, 2.24) is 0 Å². The summed E-state index contributed by atoms with van der Waals surface area (Å²) in [5, 5.41) is 0. The van der Waals surface area contributed by atoms with Gasteiger partial charge in [-0.2, -0.15) is 0 Å². The van der Waals surface area contributed by atoms with Crippen molar-refractivity contribution in [2.75, 3.05) is 0 Å². The number of hydrogen-bond acceptors (Lipinski definition) is 0. The summed E-state index contributed by atoms with van der Waals surface area (Å²) < 4.78 is 0. The van der Waals surface area contributed by atoms with Crippen molar-refractivity contribution in [1.29, 1.82) is 0 Å². The average molecular weight is 403 g/mol. The lowest BCUT2D eigenvalue weighted by molar-refractivity contribution is 0.765. The second kappa shape index (κ2) is 7.54. The maximum absolute atomic E-state index is 2.41. The number of hydrogen-bond donors (Lipinski definition) is 0. The molecule has 0 heteroatoms. The third kappa shape index (κ3) is 2.97. The summed E-state index contributed by atoms with van der Waals surface area (Å²) in [6, 6.07) is 32.6. The van der Waals surface area contributed by atoms with E-state index < -0.39 is 0 Å². The average Bonchev–Trinajstić information content (AvgIpc) is 3.08. The van der Waals surface area contributed by atoms with Crippen LogP contribution >= 0.6 is 0 Å². The molecule has 0 aliphatic heterocycles. The van der Waals surface area contributed by atoms with E-state index in [0.717, 1.165) is 12.8 Å². The van der Waals surface area contributed by atoms with Gasteiger partial charge in [0.05, 0.1) is 5.41 Å². The van der Waals surface area contributed by atoms with Crippen LogP contribution in [0.15, 0.2) is 84.9 Å². The van der Waals surface area contributed by atoms with Gasteiger partial charge < -0.3 is 0 Å². The molecule has 0 saturated heterocycles. The van der Waals surface area contributed by atoms with Crippen LogP contribution in [-0.4, -0.2) is 0 Å². The molecule has 31 heavy (non-hydrogen) atoms. The van der Waals surface area contributed by atoms with Gasteiger partial charge in [0.1, 0.15) is 0 Å². The quantitative estimate of drug-likeness (QED) is 0.288. The molecule has 1 aliphatic carbocycles. The molecule has 0 bridgehead atoms. The SMILES string of the molecule is CCc1ccc(C2(c3ccc(CC)cc3)c3cc(C)ccc3-c3ccc(C)cc32)cc1. The second-order valence-corrected chi connectivity index (χ2v) is 8.95. The first-order chi connectivity index (χ1) is 15.1. The van der Waals surface area contributed by atoms with Crippen LogP contribution in [0.2, 0.25) is 0 Å². The van der Waals surface area contributed by atoms with E-state index in [9.17, 15) is 0 Å². The Kier molecular flexibility index (Phi) is 4.82. The number of benzene rings is 4. The molecular formula is C31H30. The zero-order chi connectivity index (χ0) is 21.6. The molecule has 0 amide bonds. The maximum Gasteiger partial charge on any atom is 0.0713 e. The van der Waals surface area contributed by atoms with Gasteiger partial charge in [-0.25, -0.2) is 0 Å². The zero-order valence-corrected chi connectivity index (χ0v) is 19.0. The highest BCUT2D eigenvalue weighted by molar-refractivity contribution is 5.86. The summed E-state index contributed by atoms with van der Waals surface area (Å²) in [5.74, 6) is 0. The first-order valence-corrected chi connectivity index (χ1v) is 11.5. The van der Waals surface area contributed by atoms with Crippen LogP contribution < -0.4 is 0 Å². The Morgan fingerprint density at radius 1 is 0.516 bits per heavy atom. The lowest BCUT2D eigenvalue weighted by Crippen LogP contribution is -2.28. The van der Waals surface area contributed by atoms with Crippen molar-refractivity contribution < 1.29 is 0 Å². The highest BCUT2D eigenvalue weighted by atomic mass is 14.5. The molecule has 5 rings (SSSR count). The smallest absolute Gasteiger partial charge is 0.0613 e. The summed E-state index contributed by atoms with van der Waals surface area (Å²) in [6.07, 6.45) is 2.12. The standard InChI is InChI=1S/C31H30/c1-5-23-9-13-25(14-10-23)31(26-15-11-24(6-2)12-16-26)29-19-21(3)7-17-27(29)28-18-8-22(4)20-30(28)31/h7-20H,5-6H2,1-4H3. The fourth-order valence-electron chi connectivity index (χ4n) is 5.32. The van der Waals surface area contributed by atoms with Crippen molar-refractivity contribution in [2.24, 2.45) is 0 Å². The summed E-state index contributed by atoms with van der Waals surface area (Å²) in [5.41, 5.74) is 13.3. The van der Waals surface area contributed by atoms with Gasteiger partial charge in [0.25, 0.3) is 0 Å².